The van der Waals surface area contributed by atoms with Gasteiger partial charge in [-0.1, -0.05) is 23.2 Å². The van der Waals surface area contributed by atoms with Crippen LogP contribution in [-0.4, -0.2) is 36.1 Å². The number of nitrogens with two attached hydrogens (primary N) is 1. The summed E-state index contributed by atoms with van der Waals surface area (Å²) in [6.07, 6.45) is 5.06. The second-order valence-corrected chi connectivity index (χ2v) is 5.71. The molecule has 3 heterocycles. The van der Waals surface area contributed by atoms with E-state index in [0.29, 0.717) is 15.7 Å². The average Bonchev–Trinajstić information content (AvgIpc) is 2.48. The molecule has 2 N–H and O–H groups in total. The highest BCUT2D eigenvalue weighted by molar-refractivity contribution is 6.36. The number of hydrogen-bond acceptors (Lipinski definition) is 5. The summed E-state index contributed by atoms with van der Waals surface area (Å²) < 4.78 is 0. The summed E-state index contributed by atoms with van der Waals surface area (Å²) in [5.41, 5.74) is 7.70. The van der Waals surface area contributed by atoms with Crippen molar-refractivity contribution in [1.29, 1.82) is 0 Å². The molecule has 0 unspecified atom stereocenters. The molecule has 1 saturated heterocycles. The number of pyridine rings is 2. The molecule has 2 aromatic rings. The molecule has 110 valence electrons. The maximum atomic E-state index is 6.21. The molecule has 0 bridgehead atoms. The Morgan fingerprint density at radius 3 is 2.43 bits per heavy atom. The van der Waals surface area contributed by atoms with Crippen molar-refractivity contribution in [3.63, 3.8) is 0 Å². The Morgan fingerprint density at radius 2 is 1.76 bits per heavy atom. The fourth-order valence-electron chi connectivity index (χ4n) is 2.49. The Labute approximate surface area is 133 Å². The molecule has 0 aliphatic carbocycles. The van der Waals surface area contributed by atoms with Crippen LogP contribution in [0.15, 0.2) is 30.7 Å². The first-order valence-electron chi connectivity index (χ1n) is 6.65. The molecule has 0 atom stereocenters. The van der Waals surface area contributed by atoms with Gasteiger partial charge in [-0.05, 0) is 12.1 Å². The van der Waals surface area contributed by atoms with Crippen molar-refractivity contribution >= 4 is 40.4 Å². The Kier molecular flexibility index (Phi) is 4.03. The van der Waals surface area contributed by atoms with Crippen LogP contribution in [0.3, 0.4) is 0 Å². The Hall–Kier alpha value is -1.72. The van der Waals surface area contributed by atoms with Gasteiger partial charge in [-0.15, -0.1) is 0 Å². The molecule has 2 aromatic heterocycles. The number of hydrogen-bond donors (Lipinski definition) is 1. The first-order valence-corrected chi connectivity index (χ1v) is 7.41. The van der Waals surface area contributed by atoms with Crippen LogP contribution < -0.4 is 15.5 Å². The molecule has 5 nitrogen and oxygen atoms in total. The lowest BCUT2D eigenvalue weighted by molar-refractivity contribution is 0.648. The van der Waals surface area contributed by atoms with Gasteiger partial charge in [-0.2, -0.15) is 0 Å². The van der Waals surface area contributed by atoms with Crippen LogP contribution in [0.1, 0.15) is 0 Å². The summed E-state index contributed by atoms with van der Waals surface area (Å²) in [6, 6.07) is 3.66. The Balaban J connectivity index is 1.72. The van der Waals surface area contributed by atoms with E-state index in [1.807, 2.05) is 6.07 Å². The molecule has 0 aromatic carbocycles. The highest BCUT2D eigenvalue weighted by atomic mass is 35.5. The summed E-state index contributed by atoms with van der Waals surface area (Å²) in [5.74, 6) is 0.781. The summed E-state index contributed by atoms with van der Waals surface area (Å²) in [4.78, 5) is 12.8. The number of nitrogen functional groups attached to an aromatic ring is 1. The van der Waals surface area contributed by atoms with E-state index in [1.165, 1.54) is 0 Å². The zero-order chi connectivity index (χ0) is 14.8. The van der Waals surface area contributed by atoms with Crippen LogP contribution in [0.5, 0.6) is 0 Å². The largest absolute Gasteiger partial charge is 0.396 e. The van der Waals surface area contributed by atoms with Crippen LogP contribution in [-0.2, 0) is 0 Å². The molecule has 3 rings (SSSR count). The SMILES string of the molecule is Nc1cnccc1N1CCN(c2ncc(Cl)cc2Cl)CC1. The predicted octanol–water partition coefficient (Wildman–Crippen LogP) is 2.69. The third kappa shape index (κ3) is 2.99. The first kappa shape index (κ1) is 14.2. The van der Waals surface area contributed by atoms with Crippen molar-refractivity contribution in [2.45, 2.75) is 0 Å². The van der Waals surface area contributed by atoms with Crippen molar-refractivity contribution in [2.24, 2.45) is 0 Å². The van der Waals surface area contributed by atoms with Crippen LogP contribution in [0.25, 0.3) is 0 Å². The van der Waals surface area contributed by atoms with E-state index in [-0.39, 0.29) is 0 Å². The molecule has 0 saturated carbocycles. The monoisotopic (exact) mass is 323 g/mol. The molecule has 21 heavy (non-hydrogen) atoms. The maximum Gasteiger partial charge on any atom is 0.147 e. The smallest absolute Gasteiger partial charge is 0.147 e. The van der Waals surface area contributed by atoms with Gasteiger partial charge in [0.25, 0.3) is 0 Å². The van der Waals surface area contributed by atoms with Gasteiger partial charge in [-0.25, -0.2) is 4.98 Å². The molecule has 0 spiro atoms. The molecular formula is C14H15Cl2N5. The van der Waals surface area contributed by atoms with Gasteiger partial charge in [-0.3, -0.25) is 4.98 Å². The van der Waals surface area contributed by atoms with E-state index in [0.717, 1.165) is 37.7 Å². The van der Waals surface area contributed by atoms with E-state index in [4.69, 9.17) is 28.9 Å². The number of rotatable bonds is 2. The van der Waals surface area contributed by atoms with Crippen LogP contribution >= 0.6 is 23.2 Å². The standard InChI is InChI=1S/C14H15Cl2N5/c15-10-7-11(16)14(19-8-10)21-5-3-20(4-6-21)13-1-2-18-9-12(13)17/h1-2,7-9H,3-6,17H2. The van der Waals surface area contributed by atoms with Gasteiger partial charge in [0, 0.05) is 38.6 Å². The number of anilines is 3. The van der Waals surface area contributed by atoms with Gasteiger partial charge in [0.05, 0.1) is 27.6 Å². The van der Waals surface area contributed by atoms with Crippen molar-refractivity contribution in [2.75, 3.05) is 41.7 Å². The van der Waals surface area contributed by atoms with Crippen molar-refractivity contribution < 1.29 is 0 Å². The third-order valence-electron chi connectivity index (χ3n) is 3.54. The zero-order valence-electron chi connectivity index (χ0n) is 11.3. The lowest BCUT2D eigenvalue weighted by Crippen LogP contribution is -2.47. The number of nitrogens with zero attached hydrogens (tertiary/aromatic N) is 4. The molecule has 7 heteroatoms. The minimum atomic E-state index is 0.548. The Bertz CT molecular complexity index is 641. The molecule has 1 fully saturated rings. The van der Waals surface area contributed by atoms with Gasteiger partial charge >= 0.3 is 0 Å². The maximum absolute atomic E-state index is 6.21. The van der Waals surface area contributed by atoms with E-state index < -0.39 is 0 Å². The molecule has 1 aliphatic heterocycles. The minimum absolute atomic E-state index is 0.548. The van der Waals surface area contributed by atoms with E-state index >= 15 is 0 Å². The zero-order valence-corrected chi connectivity index (χ0v) is 12.8. The van der Waals surface area contributed by atoms with Crippen molar-refractivity contribution in [3.8, 4) is 0 Å². The minimum Gasteiger partial charge on any atom is -0.396 e. The summed E-state index contributed by atoms with van der Waals surface area (Å²) >= 11 is 12.1. The third-order valence-corrected chi connectivity index (χ3v) is 4.02. The number of piperazine rings is 1. The second-order valence-electron chi connectivity index (χ2n) is 4.87. The van der Waals surface area contributed by atoms with Crippen molar-refractivity contribution in [1.82, 2.24) is 9.97 Å². The number of aromatic nitrogens is 2. The highest BCUT2D eigenvalue weighted by Crippen LogP contribution is 2.28. The molecular weight excluding hydrogens is 309 g/mol. The molecule has 0 radical (unpaired) electrons. The van der Waals surface area contributed by atoms with Gasteiger partial charge < -0.3 is 15.5 Å². The van der Waals surface area contributed by atoms with E-state index in [1.54, 1.807) is 24.7 Å². The van der Waals surface area contributed by atoms with Crippen LogP contribution in [0.4, 0.5) is 17.2 Å². The summed E-state index contributed by atoms with van der Waals surface area (Å²) in [7, 11) is 0. The van der Waals surface area contributed by atoms with E-state index in [9.17, 15) is 0 Å². The van der Waals surface area contributed by atoms with Crippen molar-refractivity contribution in [3.05, 3.63) is 40.8 Å². The van der Waals surface area contributed by atoms with E-state index in [2.05, 4.69) is 19.8 Å². The topological polar surface area (TPSA) is 58.3 Å². The van der Waals surface area contributed by atoms with Gasteiger partial charge in [0.15, 0.2) is 0 Å². The highest BCUT2D eigenvalue weighted by Gasteiger charge is 2.21. The molecule has 1 aliphatic rings. The predicted molar refractivity (Wildman–Crippen MR) is 87.3 cm³/mol. The average molecular weight is 324 g/mol. The Morgan fingerprint density at radius 1 is 1.05 bits per heavy atom. The van der Waals surface area contributed by atoms with Crippen LogP contribution in [0.2, 0.25) is 10.0 Å². The number of halogens is 2. The van der Waals surface area contributed by atoms with Crippen LogP contribution in [0, 0.1) is 0 Å². The summed E-state index contributed by atoms with van der Waals surface area (Å²) in [6.45, 7) is 3.37. The lowest BCUT2D eigenvalue weighted by atomic mass is 10.2. The fraction of sp³-hybridized carbons (Fsp3) is 0.286. The first-order chi connectivity index (χ1) is 10.1. The second kappa shape index (κ2) is 5.95. The van der Waals surface area contributed by atoms with Gasteiger partial charge in [0.2, 0.25) is 0 Å². The molecule has 0 amide bonds. The summed E-state index contributed by atoms with van der Waals surface area (Å²) in [5, 5.41) is 1.13. The lowest BCUT2D eigenvalue weighted by Gasteiger charge is -2.37. The normalized spacial score (nSPS) is 15.3. The quantitative estimate of drug-likeness (QED) is 0.920. The van der Waals surface area contributed by atoms with Gasteiger partial charge in [0.1, 0.15) is 5.82 Å². The fourth-order valence-corrected chi connectivity index (χ4v) is 2.99.